The van der Waals surface area contributed by atoms with Gasteiger partial charge in [0.1, 0.15) is 10.8 Å². The van der Waals surface area contributed by atoms with Crippen molar-refractivity contribution in [1.82, 2.24) is 15.6 Å². The summed E-state index contributed by atoms with van der Waals surface area (Å²) in [7, 11) is 0. The molecule has 0 bridgehead atoms. The Balaban J connectivity index is 0.00000392. The Bertz CT molecular complexity index is 762. The smallest absolute Gasteiger partial charge is 0.387 e. The molecule has 5 nitrogen and oxygen atoms in total. The van der Waals surface area contributed by atoms with Gasteiger partial charge >= 0.3 is 6.61 Å². The van der Waals surface area contributed by atoms with Gasteiger partial charge in [0.25, 0.3) is 0 Å². The lowest BCUT2D eigenvalue weighted by Gasteiger charge is -2.14. The van der Waals surface area contributed by atoms with Crippen LogP contribution >= 0.6 is 35.3 Å². The number of ether oxygens (including phenoxy) is 1. The minimum absolute atomic E-state index is 0. The second kappa shape index (κ2) is 11.5. The molecule has 2 aromatic rings. The molecular formula is C19H27F2IN4OS. The van der Waals surface area contributed by atoms with Gasteiger partial charge in [0.05, 0.1) is 18.8 Å². The maximum Gasteiger partial charge on any atom is 0.387 e. The molecule has 0 unspecified atom stereocenters. The Labute approximate surface area is 186 Å². The Morgan fingerprint density at radius 2 is 1.96 bits per heavy atom. The lowest BCUT2D eigenvalue weighted by Crippen LogP contribution is -2.36. The zero-order valence-electron chi connectivity index (χ0n) is 16.5. The van der Waals surface area contributed by atoms with Crippen LogP contribution in [0.25, 0.3) is 0 Å². The predicted molar refractivity (Wildman–Crippen MR) is 121 cm³/mol. The van der Waals surface area contributed by atoms with Gasteiger partial charge in [0, 0.05) is 22.9 Å². The van der Waals surface area contributed by atoms with E-state index in [1.165, 1.54) is 6.07 Å². The van der Waals surface area contributed by atoms with Gasteiger partial charge in [-0.2, -0.15) is 8.78 Å². The van der Waals surface area contributed by atoms with Crippen LogP contribution in [0.15, 0.2) is 34.6 Å². The Kier molecular flexibility index (Phi) is 10.1. The number of rotatable bonds is 7. The van der Waals surface area contributed by atoms with Crippen LogP contribution in [0.5, 0.6) is 5.75 Å². The second-order valence-corrected chi connectivity index (χ2v) is 7.85. The molecule has 1 aromatic heterocycles. The van der Waals surface area contributed by atoms with Crippen molar-refractivity contribution in [1.29, 1.82) is 0 Å². The van der Waals surface area contributed by atoms with Crippen LogP contribution in [0.4, 0.5) is 8.78 Å². The van der Waals surface area contributed by atoms with Gasteiger partial charge in [-0.3, -0.25) is 0 Å². The Morgan fingerprint density at radius 3 is 2.57 bits per heavy atom. The number of aliphatic imine (C=N–C) groups is 1. The van der Waals surface area contributed by atoms with Crippen LogP contribution in [-0.2, 0) is 18.5 Å². The summed E-state index contributed by atoms with van der Waals surface area (Å²) >= 11 is 1.60. The molecule has 0 atom stereocenters. The van der Waals surface area contributed by atoms with E-state index in [0.717, 1.165) is 10.7 Å². The minimum Gasteiger partial charge on any atom is -0.434 e. The standard InChI is InChI=1S/C19H26F2N4OS.HI/c1-5-22-18(24-11-16-25-15(12-27-16)19(2,3)4)23-10-13-8-6-7-9-14(13)26-17(20)21;/h6-9,12,17H,5,10-11H2,1-4H3,(H2,22,23,24);1H. The molecular weight excluding hydrogens is 497 g/mol. The summed E-state index contributed by atoms with van der Waals surface area (Å²) in [5, 5.41) is 9.41. The van der Waals surface area contributed by atoms with Crippen molar-refractivity contribution in [2.75, 3.05) is 6.54 Å². The molecule has 2 N–H and O–H groups in total. The number of hydrogen-bond donors (Lipinski definition) is 2. The number of nitrogens with one attached hydrogen (secondary N) is 2. The fraction of sp³-hybridized carbons (Fsp3) is 0.474. The van der Waals surface area contributed by atoms with E-state index in [2.05, 4.69) is 51.5 Å². The third-order valence-corrected chi connectivity index (χ3v) is 4.52. The summed E-state index contributed by atoms with van der Waals surface area (Å²) in [6, 6.07) is 6.67. The number of guanidine groups is 1. The topological polar surface area (TPSA) is 58.5 Å². The average molecular weight is 524 g/mol. The van der Waals surface area contributed by atoms with Crippen molar-refractivity contribution in [2.24, 2.45) is 4.99 Å². The molecule has 0 fully saturated rings. The van der Waals surface area contributed by atoms with Crippen molar-refractivity contribution in [3.05, 3.63) is 45.9 Å². The first kappa shape index (κ1) is 24.5. The highest BCUT2D eigenvalue weighted by Gasteiger charge is 2.17. The van der Waals surface area contributed by atoms with Crippen LogP contribution in [0.3, 0.4) is 0 Å². The first-order valence-corrected chi connectivity index (χ1v) is 9.67. The molecule has 2 rings (SSSR count). The lowest BCUT2D eigenvalue weighted by molar-refractivity contribution is -0.0504. The maximum atomic E-state index is 12.5. The SMILES string of the molecule is CCNC(=NCc1ccccc1OC(F)F)NCc1nc(C(C)(C)C)cs1.I. The summed E-state index contributed by atoms with van der Waals surface area (Å²) in [5.74, 6) is 0.735. The van der Waals surface area contributed by atoms with Crippen molar-refractivity contribution < 1.29 is 13.5 Å². The normalized spacial score (nSPS) is 11.9. The van der Waals surface area contributed by atoms with E-state index in [4.69, 9.17) is 0 Å². The number of nitrogens with zero attached hydrogens (tertiary/aromatic N) is 2. The Morgan fingerprint density at radius 1 is 1.25 bits per heavy atom. The first-order chi connectivity index (χ1) is 12.8. The fourth-order valence-corrected chi connectivity index (χ4v) is 3.21. The van der Waals surface area contributed by atoms with Crippen LogP contribution in [-0.4, -0.2) is 24.1 Å². The van der Waals surface area contributed by atoms with Gasteiger partial charge in [0.2, 0.25) is 0 Å². The van der Waals surface area contributed by atoms with E-state index in [9.17, 15) is 8.78 Å². The highest BCUT2D eigenvalue weighted by atomic mass is 127. The van der Waals surface area contributed by atoms with Crippen LogP contribution in [0.2, 0.25) is 0 Å². The number of thiazole rings is 1. The van der Waals surface area contributed by atoms with E-state index >= 15 is 0 Å². The molecule has 0 spiro atoms. The average Bonchev–Trinajstić information content (AvgIpc) is 3.07. The predicted octanol–water partition coefficient (Wildman–Crippen LogP) is 4.92. The molecule has 1 heterocycles. The summed E-state index contributed by atoms with van der Waals surface area (Å²) in [4.78, 5) is 9.12. The molecule has 9 heteroatoms. The number of para-hydroxylation sites is 1. The number of alkyl halides is 2. The molecule has 28 heavy (non-hydrogen) atoms. The zero-order chi connectivity index (χ0) is 19.9. The molecule has 0 radical (unpaired) electrons. The number of hydrogen-bond acceptors (Lipinski definition) is 4. The molecule has 0 aliphatic heterocycles. The number of aromatic nitrogens is 1. The van der Waals surface area contributed by atoms with Gasteiger partial charge in [-0.05, 0) is 13.0 Å². The molecule has 156 valence electrons. The van der Waals surface area contributed by atoms with Gasteiger partial charge in [-0.25, -0.2) is 9.98 Å². The number of benzene rings is 1. The molecule has 0 saturated heterocycles. The van der Waals surface area contributed by atoms with E-state index in [1.807, 2.05) is 6.92 Å². The molecule has 0 aliphatic carbocycles. The number of halogens is 3. The van der Waals surface area contributed by atoms with E-state index in [0.29, 0.717) is 24.6 Å². The molecule has 0 amide bonds. The van der Waals surface area contributed by atoms with Crippen molar-refractivity contribution in [3.8, 4) is 5.75 Å². The van der Waals surface area contributed by atoms with Crippen molar-refractivity contribution in [2.45, 2.75) is 52.8 Å². The highest BCUT2D eigenvalue weighted by molar-refractivity contribution is 14.0. The Hall–Kier alpha value is -1.49. The molecule has 1 aromatic carbocycles. The van der Waals surface area contributed by atoms with E-state index in [1.54, 1.807) is 29.5 Å². The third-order valence-electron chi connectivity index (χ3n) is 3.67. The van der Waals surface area contributed by atoms with Gasteiger partial charge in [0.15, 0.2) is 5.96 Å². The largest absolute Gasteiger partial charge is 0.434 e. The molecule has 0 saturated carbocycles. The van der Waals surface area contributed by atoms with Crippen LogP contribution < -0.4 is 15.4 Å². The second-order valence-electron chi connectivity index (χ2n) is 6.91. The zero-order valence-corrected chi connectivity index (χ0v) is 19.6. The summed E-state index contributed by atoms with van der Waals surface area (Å²) in [6.07, 6.45) is 0. The van der Waals surface area contributed by atoms with Crippen molar-refractivity contribution >= 4 is 41.3 Å². The van der Waals surface area contributed by atoms with Crippen molar-refractivity contribution in [3.63, 3.8) is 0 Å². The lowest BCUT2D eigenvalue weighted by atomic mass is 9.93. The fourth-order valence-electron chi connectivity index (χ4n) is 2.25. The first-order valence-electron chi connectivity index (χ1n) is 8.79. The summed E-state index contributed by atoms with van der Waals surface area (Å²) in [5.41, 5.74) is 1.67. The quantitative estimate of drug-likeness (QED) is 0.307. The summed E-state index contributed by atoms with van der Waals surface area (Å²) < 4.78 is 29.6. The maximum absolute atomic E-state index is 12.5. The van der Waals surface area contributed by atoms with E-state index in [-0.39, 0.29) is 41.7 Å². The minimum atomic E-state index is -2.86. The molecule has 0 aliphatic rings. The van der Waals surface area contributed by atoms with Crippen LogP contribution in [0, 0.1) is 0 Å². The highest BCUT2D eigenvalue weighted by Crippen LogP contribution is 2.24. The van der Waals surface area contributed by atoms with Gasteiger partial charge in [-0.15, -0.1) is 35.3 Å². The van der Waals surface area contributed by atoms with Crippen LogP contribution in [0.1, 0.15) is 44.0 Å². The van der Waals surface area contributed by atoms with Gasteiger partial charge < -0.3 is 15.4 Å². The monoisotopic (exact) mass is 524 g/mol. The van der Waals surface area contributed by atoms with E-state index < -0.39 is 6.61 Å². The third kappa shape index (κ3) is 7.86. The van der Waals surface area contributed by atoms with Gasteiger partial charge in [-0.1, -0.05) is 39.0 Å². The summed E-state index contributed by atoms with van der Waals surface area (Å²) in [6.45, 7) is 6.95.